The van der Waals surface area contributed by atoms with Crippen LogP contribution in [-0.4, -0.2) is 23.3 Å². The van der Waals surface area contributed by atoms with Crippen LogP contribution in [0.1, 0.15) is 11.1 Å². The molecule has 0 bridgehead atoms. The van der Waals surface area contributed by atoms with Crippen LogP contribution in [0.15, 0.2) is 29.7 Å². The summed E-state index contributed by atoms with van der Waals surface area (Å²) in [5, 5.41) is 7.55. The zero-order chi connectivity index (χ0) is 14.5. The summed E-state index contributed by atoms with van der Waals surface area (Å²) < 4.78 is 0. The highest BCUT2D eigenvalue weighted by Crippen LogP contribution is 2.25. The molecule has 0 saturated heterocycles. The molecule has 0 amide bonds. The Balaban J connectivity index is 2.38. The van der Waals surface area contributed by atoms with E-state index in [4.69, 9.17) is 17.3 Å². The maximum absolute atomic E-state index is 5.93. The van der Waals surface area contributed by atoms with Gasteiger partial charge < -0.3 is 15.9 Å². The van der Waals surface area contributed by atoms with Gasteiger partial charge in [-0.15, -0.1) is 0 Å². The van der Waals surface area contributed by atoms with E-state index in [9.17, 15) is 0 Å². The second-order valence-corrected chi connectivity index (χ2v) is 4.46. The van der Waals surface area contributed by atoms with E-state index in [-0.39, 0.29) is 0 Å². The minimum atomic E-state index is 0.315. The van der Waals surface area contributed by atoms with Crippen molar-refractivity contribution in [3.05, 3.63) is 40.7 Å². The normalized spacial score (nSPS) is 10.8. The Morgan fingerprint density at radius 2 is 2.20 bits per heavy atom. The number of rotatable bonds is 4. The molecule has 2 rings (SSSR count). The van der Waals surface area contributed by atoms with Crippen LogP contribution in [0.5, 0.6) is 0 Å². The average Bonchev–Trinajstić information content (AvgIpc) is 2.41. The van der Waals surface area contributed by atoms with E-state index in [1.165, 1.54) is 19.7 Å². The molecule has 0 radical (unpaired) electrons. The van der Waals surface area contributed by atoms with Crippen LogP contribution < -0.4 is 11.1 Å². The van der Waals surface area contributed by atoms with E-state index in [2.05, 4.69) is 25.3 Å². The van der Waals surface area contributed by atoms with Gasteiger partial charge in [0.2, 0.25) is 0 Å². The molecule has 0 atom stereocenters. The van der Waals surface area contributed by atoms with Gasteiger partial charge in [-0.25, -0.2) is 9.97 Å². The van der Waals surface area contributed by atoms with Crippen molar-refractivity contribution < 1.29 is 4.84 Å². The number of nitrogens with zero attached hydrogens (tertiary/aromatic N) is 3. The number of benzene rings is 1. The number of nitrogens with two attached hydrogens (primary N) is 1. The molecule has 0 aliphatic rings. The zero-order valence-corrected chi connectivity index (χ0v) is 11.8. The highest BCUT2D eigenvalue weighted by Gasteiger charge is 2.09. The maximum Gasteiger partial charge on any atom is 0.144 e. The Morgan fingerprint density at radius 1 is 1.40 bits per heavy atom. The van der Waals surface area contributed by atoms with Crippen LogP contribution in [-0.2, 0) is 4.84 Å². The maximum atomic E-state index is 5.93. The number of nitrogens with one attached hydrogen (secondary N) is 1. The Bertz CT molecular complexity index is 645. The van der Waals surface area contributed by atoms with Gasteiger partial charge in [0, 0.05) is 10.7 Å². The number of nitrogen functional groups attached to an aromatic ring is 1. The summed E-state index contributed by atoms with van der Waals surface area (Å²) in [6.45, 7) is 1.95. The molecule has 1 heterocycles. The van der Waals surface area contributed by atoms with Gasteiger partial charge >= 0.3 is 0 Å². The van der Waals surface area contributed by atoms with Crippen molar-refractivity contribution in [2.75, 3.05) is 18.2 Å². The van der Waals surface area contributed by atoms with Gasteiger partial charge in [-0.05, 0) is 30.7 Å². The summed E-state index contributed by atoms with van der Waals surface area (Å²) in [5.41, 5.74) is 8.24. The predicted molar refractivity (Wildman–Crippen MR) is 80.5 cm³/mol. The van der Waals surface area contributed by atoms with Crippen molar-refractivity contribution in [2.24, 2.45) is 5.16 Å². The lowest BCUT2D eigenvalue weighted by atomic mass is 10.2. The highest BCUT2D eigenvalue weighted by molar-refractivity contribution is 6.30. The summed E-state index contributed by atoms with van der Waals surface area (Å²) in [6.07, 6.45) is 2.84. The van der Waals surface area contributed by atoms with Crippen molar-refractivity contribution in [1.29, 1.82) is 0 Å². The summed E-state index contributed by atoms with van der Waals surface area (Å²) in [4.78, 5) is 12.8. The fraction of sp³-hybridized carbons (Fsp3) is 0.154. The lowest BCUT2D eigenvalue weighted by Gasteiger charge is -2.11. The first-order valence-corrected chi connectivity index (χ1v) is 6.19. The summed E-state index contributed by atoms with van der Waals surface area (Å²) in [7, 11) is 1.45. The standard InChI is InChI=1S/C13H14ClN5O/c1-8-5-9(14)3-4-11(8)19-13-10(6-18-20-2)12(15)16-7-17-13/h3-7H,1-2H3,(H3,15,16,17,19)/b18-6+. The third-order valence-corrected chi connectivity index (χ3v) is 2.88. The third-order valence-electron chi connectivity index (χ3n) is 2.64. The van der Waals surface area contributed by atoms with Crippen LogP contribution in [0.25, 0.3) is 0 Å². The van der Waals surface area contributed by atoms with Crippen molar-refractivity contribution in [3.8, 4) is 0 Å². The number of oxime groups is 1. The first-order valence-electron chi connectivity index (χ1n) is 5.82. The van der Waals surface area contributed by atoms with Crippen molar-refractivity contribution in [2.45, 2.75) is 6.92 Å². The smallest absolute Gasteiger partial charge is 0.144 e. The number of aryl methyl sites for hydroxylation is 1. The summed E-state index contributed by atoms with van der Waals surface area (Å²) >= 11 is 5.93. The van der Waals surface area contributed by atoms with Gasteiger partial charge in [0.15, 0.2) is 0 Å². The largest absolute Gasteiger partial charge is 0.399 e. The monoisotopic (exact) mass is 291 g/mol. The molecule has 0 aliphatic carbocycles. The first-order chi connectivity index (χ1) is 9.61. The lowest BCUT2D eigenvalue weighted by Crippen LogP contribution is -2.05. The zero-order valence-electron chi connectivity index (χ0n) is 11.1. The minimum Gasteiger partial charge on any atom is -0.399 e. The van der Waals surface area contributed by atoms with E-state index in [1.54, 1.807) is 6.07 Å². The van der Waals surface area contributed by atoms with Crippen LogP contribution in [0, 0.1) is 6.92 Å². The van der Waals surface area contributed by atoms with Gasteiger partial charge in [-0.3, -0.25) is 0 Å². The van der Waals surface area contributed by atoms with Crippen molar-refractivity contribution in [1.82, 2.24) is 9.97 Å². The van der Waals surface area contributed by atoms with E-state index >= 15 is 0 Å². The fourth-order valence-electron chi connectivity index (χ4n) is 1.64. The molecule has 0 aliphatic heterocycles. The number of hydrogen-bond acceptors (Lipinski definition) is 6. The molecular formula is C13H14ClN5O. The predicted octanol–water partition coefficient (Wildman–Crippen LogP) is 2.74. The second kappa shape index (κ2) is 6.21. The van der Waals surface area contributed by atoms with Gasteiger partial charge in [-0.2, -0.15) is 0 Å². The number of anilines is 3. The van der Waals surface area contributed by atoms with Crippen LogP contribution in [0.2, 0.25) is 5.02 Å². The third kappa shape index (κ3) is 3.16. The average molecular weight is 292 g/mol. The molecule has 20 heavy (non-hydrogen) atoms. The Hall–Kier alpha value is -2.34. The van der Waals surface area contributed by atoms with Crippen molar-refractivity contribution >= 4 is 35.1 Å². The molecule has 0 saturated carbocycles. The van der Waals surface area contributed by atoms with Crippen LogP contribution in [0.4, 0.5) is 17.3 Å². The van der Waals surface area contributed by atoms with E-state index < -0.39 is 0 Å². The Morgan fingerprint density at radius 3 is 2.90 bits per heavy atom. The van der Waals surface area contributed by atoms with Crippen LogP contribution >= 0.6 is 11.6 Å². The molecule has 2 aromatic rings. The van der Waals surface area contributed by atoms with Crippen LogP contribution in [0.3, 0.4) is 0 Å². The molecule has 1 aromatic carbocycles. The van der Waals surface area contributed by atoms with Gasteiger partial charge in [0.1, 0.15) is 25.1 Å². The Kier molecular flexibility index (Phi) is 4.37. The molecule has 104 valence electrons. The second-order valence-electron chi connectivity index (χ2n) is 4.02. The number of aromatic nitrogens is 2. The van der Waals surface area contributed by atoms with E-state index in [1.807, 2.05) is 19.1 Å². The summed E-state index contributed by atoms with van der Waals surface area (Å²) in [6, 6.07) is 5.52. The quantitative estimate of drug-likeness (QED) is 0.668. The van der Waals surface area contributed by atoms with E-state index in [0.29, 0.717) is 22.2 Å². The summed E-state index contributed by atoms with van der Waals surface area (Å²) in [5.74, 6) is 0.860. The molecule has 0 unspecified atom stereocenters. The Labute approximate surface area is 121 Å². The molecule has 3 N–H and O–H groups in total. The molecule has 7 heteroatoms. The van der Waals surface area contributed by atoms with E-state index in [0.717, 1.165) is 11.3 Å². The number of hydrogen-bond donors (Lipinski definition) is 2. The molecule has 1 aromatic heterocycles. The van der Waals surface area contributed by atoms with Gasteiger partial charge in [-0.1, -0.05) is 16.8 Å². The molecular weight excluding hydrogens is 278 g/mol. The number of halogens is 1. The lowest BCUT2D eigenvalue weighted by molar-refractivity contribution is 0.215. The minimum absolute atomic E-state index is 0.315. The SMILES string of the molecule is CO/N=C/c1c(N)ncnc1Nc1ccc(Cl)cc1C. The van der Waals surface area contributed by atoms with Crippen molar-refractivity contribution in [3.63, 3.8) is 0 Å². The first kappa shape index (κ1) is 14.1. The fourth-order valence-corrected chi connectivity index (χ4v) is 1.86. The highest BCUT2D eigenvalue weighted by atomic mass is 35.5. The molecule has 0 fully saturated rings. The molecule has 6 nitrogen and oxygen atoms in total. The molecule has 0 spiro atoms. The van der Waals surface area contributed by atoms with Gasteiger partial charge in [0.05, 0.1) is 11.8 Å². The van der Waals surface area contributed by atoms with Gasteiger partial charge in [0.25, 0.3) is 0 Å². The topological polar surface area (TPSA) is 85.4 Å².